The number of rotatable bonds is 4. The molecule has 3 aromatic rings. The minimum absolute atomic E-state index is 0.460. The Labute approximate surface area is 183 Å². The minimum atomic E-state index is -1.71. The topological polar surface area (TPSA) is 0 Å². The average molecular weight is 411 g/mol. The third-order valence-electron chi connectivity index (χ3n) is 4.86. The molecule has 0 aromatic heterocycles. The molecule has 0 unspecified atom stereocenters. The van der Waals surface area contributed by atoms with E-state index in [4.69, 9.17) is 0 Å². The van der Waals surface area contributed by atoms with Crippen LogP contribution >= 0.6 is 0 Å². The maximum absolute atomic E-state index is 12.3. The summed E-state index contributed by atoms with van der Waals surface area (Å²) in [6.07, 6.45) is 2.23. The van der Waals surface area contributed by atoms with Crippen LogP contribution in [-0.2, 0) is 12.8 Å². The third-order valence-corrected chi connectivity index (χ3v) is 4.86. The fourth-order valence-corrected chi connectivity index (χ4v) is 3.20. The van der Waals surface area contributed by atoms with Gasteiger partial charge in [0.25, 0.3) is 6.08 Å². The Kier molecular flexibility index (Phi) is 7.80. The molecule has 0 N–H and O–H groups in total. The predicted molar refractivity (Wildman–Crippen MR) is 125 cm³/mol. The summed E-state index contributed by atoms with van der Waals surface area (Å²) in [6.45, 7) is 4.28. The lowest BCUT2D eigenvalue weighted by molar-refractivity contribution is 0.429. The first-order valence-electron chi connectivity index (χ1n) is 10.5. The molecular formula is C29H24F2. The Morgan fingerprint density at radius 1 is 0.742 bits per heavy atom. The zero-order valence-electron chi connectivity index (χ0n) is 17.8. The van der Waals surface area contributed by atoms with Gasteiger partial charge in [-0.25, -0.2) is 0 Å². The Balaban J connectivity index is 1.77. The van der Waals surface area contributed by atoms with E-state index in [1.165, 1.54) is 5.56 Å². The van der Waals surface area contributed by atoms with Gasteiger partial charge < -0.3 is 0 Å². The molecule has 0 fully saturated rings. The predicted octanol–water partition coefficient (Wildman–Crippen LogP) is 7.24. The van der Waals surface area contributed by atoms with E-state index in [-0.39, 0.29) is 0 Å². The lowest BCUT2D eigenvalue weighted by Gasteiger charge is -2.02. The molecule has 0 atom stereocenters. The van der Waals surface area contributed by atoms with Gasteiger partial charge in [-0.05, 0) is 72.0 Å². The smallest absolute Gasteiger partial charge is 0.173 e. The molecule has 0 saturated heterocycles. The molecule has 154 valence electrons. The summed E-state index contributed by atoms with van der Waals surface area (Å²) in [7, 11) is 0. The molecule has 3 rings (SSSR count). The largest absolute Gasteiger partial charge is 0.270 e. The number of aryl methyl sites for hydroxylation is 2. The van der Waals surface area contributed by atoms with Crippen LogP contribution in [0.5, 0.6) is 0 Å². The lowest BCUT2D eigenvalue weighted by Crippen LogP contribution is -1.90. The minimum Gasteiger partial charge on any atom is -0.173 e. The van der Waals surface area contributed by atoms with Crippen LogP contribution in [0.2, 0.25) is 0 Å². The molecular weight excluding hydrogens is 386 g/mol. The number of halogens is 2. The van der Waals surface area contributed by atoms with E-state index >= 15 is 0 Å². The van der Waals surface area contributed by atoms with Gasteiger partial charge in [-0.3, -0.25) is 0 Å². The van der Waals surface area contributed by atoms with Crippen LogP contribution in [0.25, 0.3) is 6.08 Å². The zero-order valence-corrected chi connectivity index (χ0v) is 17.8. The van der Waals surface area contributed by atoms with Crippen LogP contribution in [0, 0.1) is 23.7 Å². The van der Waals surface area contributed by atoms with Crippen molar-refractivity contribution in [2.75, 3.05) is 0 Å². The Morgan fingerprint density at radius 2 is 1.32 bits per heavy atom. The highest BCUT2D eigenvalue weighted by molar-refractivity contribution is 5.54. The van der Waals surface area contributed by atoms with E-state index in [1.807, 2.05) is 12.1 Å². The van der Waals surface area contributed by atoms with Gasteiger partial charge in [0.15, 0.2) is 0 Å². The number of benzene rings is 3. The quantitative estimate of drug-likeness (QED) is 0.398. The fraction of sp³-hybridized carbons (Fsp3) is 0.172. The third kappa shape index (κ3) is 6.70. The van der Waals surface area contributed by atoms with E-state index in [1.54, 1.807) is 24.3 Å². The van der Waals surface area contributed by atoms with Gasteiger partial charge in [-0.15, -0.1) is 0 Å². The van der Waals surface area contributed by atoms with Crippen molar-refractivity contribution in [1.82, 2.24) is 0 Å². The summed E-state index contributed by atoms with van der Waals surface area (Å²) in [4.78, 5) is 0. The summed E-state index contributed by atoms with van der Waals surface area (Å²) < 4.78 is 24.6. The van der Waals surface area contributed by atoms with Crippen molar-refractivity contribution in [3.8, 4) is 23.7 Å². The van der Waals surface area contributed by atoms with Gasteiger partial charge in [0.2, 0.25) is 0 Å². The molecule has 0 saturated carbocycles. The van der Waals surface area contributed by atoms with Crippen LogP contribution in [0.1, 0.15) is 59.2 Å². The standard InChI is InChI=1S/C29H24F2/c1-3-5-22-6-8-24(9-7-22)16-18-28-19-17-25(20-27(28)4-2)13-10-23-11-14-26(15-12-23)21-29(30)31/h6-9,11-12,14-15,17,19-21H,3-5H2,1-2H3. The van der Waals surface area contributed by atoms with Crippen molar-refractivity contribution in [2.24, 2.45) is 0 Å². The molecule has 0 nitrogen and oxygen atoms in total. The van der Waals surface area contributed by atoms with Crippen molar-refractivity contribution < 1.29 is 8.78 Å². The first-order valence-corrected chi connectivity index (χ1v) is 10.5. The van der Waals surface area contributed by atoms with Crippen molar-refractivity contribution in [1.29, 1.82) is 0 Å². The summed E-state index contributed by atoms with van der Waals surface area (Å²) in [5.74, 6) is 12.8. The van der Waals surface area contributed by atoms with Crippen molar-refractivity contribution >= 4 is 6.08 Å². The van der Waals surface area contributed by atoms with E-state index in [0.29, 0.717) is 5.56 Å². The van der Waals surface area contributed by atoms with Crippen molar-refractivity contribution in [3.63, 3.8) is 0 Å². The lowest BCUT2D eigenvalue weighted by atomic mass is 10.0. The number of hydrogen-bond donors (Lipinski definition) is 0. The van der Waals surface area contributed by atoms with Gasteiger partial charge in [0.05, 0.1) is 0 Å². The highest BCUT2D eigenvalue weighted by Crippen LogP contribution is 2.14. The van der Waals surface area contributed by atoms with Crippen molar-refractivity contribution in [3.05, 3.63) is 112 Å². The molecule has 0 heterocycles. The molecule has 0 aliphatic carbocycles. The molecule has 0 amide bonds. The summed E-state index contributed by atoms with van der Waals surface area (Å²) in [5.41, 5.74) is 6.66. The molecule has 0 bridgehead atoms. The first-order chi connectivity index (χ1) is 15.1. The van der Waals surface area contributed by atoms with E-state index < -0.39 is 6.08 Å². The van der Waals surface area contributed by atoms with Crippen LogP contribution < -0.4 is 0 Å². The molecule has 0 spiro atoms. The molecule has 31 heavy (non-hydrogen) atoms. The first kappa shape index (κ1) is 22.1. The SMILES string of the molecule is CCCc1ccc(C#Cc2ccc(C#Cc3ccc(C=C(F)F)cc3)cc2CC)cc1. The molecule has 0 aliphatic heterocycles. The summed E-state index contributed by atoms with van der Waals surface area (Å²) in [5, 5.41) is 0. The number of hydrogen-bond acceptors (Lipinski definition) is 0. The average Bonchev–Trinajstić information content (AvgIpc) is 2.78. The Hall–Kier alpha value is -3.62. The Morgan fingerprint density at radius 3 is 1.94 bits per heavy atom. The summed E-state index contributed by atoms with van der Waals surface area (Å²) in [6, 6.07) is 21.2. The second kappa shape index (κ2) is 11.0. The maximum Gasteiger partial charge on any atom is 0.270 e. The highest BCUT2D eigenvalue weighted by atomic mass is 19.3. The second-order valence-electron chi connectivity index (χ2n) is 7.23. The van der Waals surface area contributed by atoms with Gasteiger partial charge in [0, 0.05) is 28.3 Å². The molecule has 3 aromatic carbocycles. The maximum atomic E-state index is 12.3. The summed E-state index contributed by atoms with van der Waals surface area (Å²) >= 11 is 0. The van der Waals surface area contributed by atoms with Gasteiger partial charge >= 0.3 is 0 Å². The van der Waals surface area contributed by atoms with Gasteiger partial charge in [-0.2, -0.15) is 8.78 Å². The normalized spacial score (nSPS) is 9.81. The van der Waals surface area contributed by atoms with Crippen LogP contribution in [0.4, 0.5) is 8.78 Å². The van der Waals surface area contributed by atoms with E-state index in [2.05, 4.69) is 67.9 Å². The molecule has 0 aliphatic rings. The zero-order chi connectivity index (χ0) is 22.1. The molecule has 2 heteroatoms. The van der Waals surface area contributed by atoms with E-state index in [9.17, 15) is 8.78 Å². The van der Waals surface area contributed by atoms with Gasteiger partial charge in [-0.1, -0.05) is 68.2 Å². The highest BCUT2D eigenvalue weighted by Gasteiger charge is 2.00. The van der Waals surface area contributed by atoms with E-state index in [0.717, 1.165) is 53.2 Å². The van der Waals surface area contributed by atoms with Crippen molar-refractivity contribution in [2.45, 2.75) is 33.1 Å². The van der Waals surface area contributed by atoms with Crippen LogP contribution in [-0.4, -0.2) is 0 Å². The monoisotopic (exact) mass is 410 g/mol. The van der Waals surface area contributed by atoms with Gasteiger partial charge in [0.1, 0.15) is 0 Å². The molecule has 0 radical (unpaired) electrons. The van der Waals surface area contributed by atoms with Crippen LogP contribution in [0.15, 0.2) is 72.8 Å². The van der Waals surface area contributed by atoms with Crippen LogP contribution in [0.3, 0.4) is 0 Å². The Bertz CT molecular complexity index is 1170. The second-order valence-corrected chi connectivity index (χ2v) is 7.23. The fourth-order valence-electron chi connectivity index (χ4n) is 3.20.